The van der Waals surface area contributed by atoms with Crippen LogP contribution >= 0.6 is 15.9 Å². The van der Waals surface area contributed by atoms with Gasteiger partial charge in [0, 0.05) is 10.0 Å². The van der Waals surface area contributed by atoms with E-state index in [0.717, 1.165) is 15.6 Å². The van der Waals surface area contributed by atoms with E-state index in [1.807, 2.05) is 24.3 Å². The Kier molecular flexibility index (Phi) is 3.20. The van der Waals surface area contributed by atoms with Crippen LogP contribution in [-0.4, -0.2) is 26.2 Å². The van der Waals surface area contributed by atoms with Crippen LogP contribution in [0.4, 0.5) is 5.82 Å². The number of imidazole rings is 1. The molecular formula is C12H9BrN6. The van der Waals surface area contributed by atoms with Crippen molar-refractivity contribution < 1.29 is 0 Å². The summed E-state index contributed by atoms with van der Waals surface area (Å²) in [7, 11) is 0. The number of halogens is 1. The third-order valence-corrected chi connectivity index (χ3v) is 3.22. The van der Waals surface area contributed by atoms with Crippen molar-refractivity contribution in [3.8, 4) is 0 Å². The maximum atomic E-state index is 4.16. The van der Waals surface area contributed by atoms with Gasteiger partial charge in [-0.2, -0.15) is 5.10 Å². The van der Waals surface area contributed by atoms with Crippen LogP contribution in [0.5, 0.6) is 0 Å². The average Bonchev–Trinajstić information content (AvgIpc) is 2.90. The molecule has 3 aromatic rings. The lowest BCUT2D eigenvalue weighted by Gasteiger charge is -2.00. The molecule has 0 radical (unpaired) electrons. The number of benzene rings is 1. The highest BCUT2D eigenvalue weighted by Gasteiger charge is 2.03. The summed E-state index contributed by atoms with van der Waals surface area (Å²) in [5.74, 6) is 0.589. The van der Waals surface area contributed by atoms with Gasteiger partial charge >= 0.3 is 0 Å². The van der Waals surface area contributed by atoms with E-state index in [-0.39, 0.29) is 0 Å². The molecule has 0 atom stereocenters. The second kappa shape index (κ2) is 5.15. The number of H-pyrrole nitrogens is 1. The topological polar surface area (TPSA) is 78.8 Å². The number of fused-ring (bicyclic) bond motifs is 1. The van der Waals surface area contributed by atoms with Gasteiger partial charge in [-0.15, -0.1) is 0 Å². The van der Waals surface area contributed by atoms with Crippen molar-refractivity contribution in [2.45, 2.75) is 0 Å². The van der Waals surface area contributed by atoms with Crippen LogP contribution < -0.4 is 5.43 Å². The van der Waals surface area contributed by atoms with Crippen molar-refractivity contribution in [3.05, 3.63) is 47.0 Å². The lowest BCUT2D eigenvalue weighted by molar-refractivity contribution is 1.17. The summed E-state index contributed by atoms with van der Waals surface area (Å²) in [5.41, 5.74) is 5.19. The average molecular weight is 317 g/mol. The first kappa shape index (κ1) is 11.8. The minimum Gasteiger partial charge on any atom is -0.340 e. The molecule has 94 valence electrons. The zero-order valence-corrected chi connectivity index (χ0v) is 11.3. The summed E-state index contributed by atoms with van der Waals surface area (Å²) < 4.78 is 0.981. The molecule has 2 N–H and O–H groups in total. The van der Waals surface area contributed by atoms with Gasteiger partial charge in [-0.25, -0.2) is 15.0 Å². The van der Waals surface area contributed by atoms with Crippen molar-refractivity contribution in [2.75, 3.05) is 5.43 Å². The van der Waals surface area contributed by atoms with Crippen LogP contribution in [0, 0.1) is 0 Å². The second-order valence-corrected chi connectivity index (χ2v) is 4.57. The third-order valence-electron chi connectivity index (χ3n) is 2.50. The van der Waals surface area contributed by atoms with Gasteiger partial charge in [-0.3, -0.25) is 5.43 Å². The van der Waals surface area contributed by atoms with Gasteiger partial charge < -0.3 is 4.98 Å². The van der Waals surface area contributed by atoms with Crippen LogP contribution in [0.1, 0.15) is 5.56 Å². The Morgan fingerprint density at radius 2 is 2.11 bits per heavy atom. The Morgan fingerprint density at radius 1 is 1.21 bits per heavy atom. The highest BCUT2D eigenvalue weighted by Crippen LogP contribution is 2.15. The maximum Gasteiger partial charge on any atom is 0.182 e. The molecule has 7 heteroatoms. The monoisotopic (exact) mass is 316 g/mol. The molecule has 0 fully saturated rings. The van der Waals surface area contributed by atoms with Crippen LogP contribution in [-0.2, 0) is 0 Å². The third kappa shape index (κ3) is 2.45. The van der Waals surface area contributed by atoms with E-state index in [2.05, 4.69) is 46.4 Å². The number of hydrogen-bond acceptors (Lipinski definition) is 5. The van der Waals surface area contributed by atoms with Gasteiger partial charge in [0.2, 0.25) is 0 Å². The molecule has 0 amide bonds. The normalized spacial score (nSPS) is 11.2. The standard InChI is InChI=1S/C12H9BrN6/c13-9-4-2-1-3-8(9)5-18-19-12-10-11(15-6-14-10)16-7-17-12/h1-7H,(H2,14,15,16,17,19). The van der Waals surface area contributed by atoms with Crippen LogP contribution in [0.2, 0.25) is 0 Å². The second-order valence-electron chi connectivity index (χ2n) is 3.71. The van der Waals surface area contributed by atoms with Gasteiger partial charge in [-0.1, -0.05) is 34.1 Å². The summed E-state index contributed by atoms with van der Waals surface area (Å²) in [6, 6.07) is 7.82. The van der Waals surface area contributed by atoms with Crippen molar-refractivity contribution in [2.24, 2.45) is 5.10 Å². The van der Waals surface area contributed by atoms with Gasteiger partial charge in [0.05, 0.1) is 12.5 Å². The number of aromatic amines is 1. The molecule has 0 spiro atoms. The van der Waals surface area contributed by atoms with Crippen molar-refractivity contribution in [1.82, 2.24) is 19.9 Å². The molecular weight excluding hydrogens is 308 g/mol. The molecule has 0 saturated heterocycles. The molecule has 1 aromatic carbocycles. The quantitative estimate of drug-likeness (QED) is 0.575. The van der Waals surface area contributed by atoms with Crippen molar-refractivity contribution in [1.29, 1.82) is 0 Å². The molecule has 0 unspecified atom stereocenters. The smallest absolute Gasteiger partial charge is 0.182 e. The summed E-state index contributed by atoms with van der Waals surface area (Å²) in [6.45, 7) is 0. The Balaban J connectivity index is 1.83. The first-order valence-corrected chi connectivity index (χ1v) is 6.31. The Morgan fingerprint density at radius 3 is 3.00 bits per heavy atom. The summed E-state index contributed by atoms with van der Waals surface area (Å²) in [4.78, 5) is 15.2. The molecule has 0 aliphatic rings. The predicted octanol–water partition coefficient (Wildman–Crippen LogP) is 2.56. The minimum absolute atomic E-state index is 0.589. The fourth-order valence-corrected chi connectivity index (χ4v) is 1.98. The number of rotatable bonds is 3. The van der Waals surface area contributed by atoms with Crippen LogP contribution in [0.3, 0.4) is 0 Å². The van der Waals surface area contributed by atoms with E-state index >= 15 is 0 Å². The van der Waals surface area contributed by atoms with E-state index in [1.54, 1.807) is 12.5 Å². The van der Waals surface area contributed by atoms with Gasteiger partial charge in [0.15, 0.2) is 11.5 Å². The first-order valence-electron chi connectivity index (χ1n) is 5.52. The van der Waals surface area contributed by atoms with E-state index in [1.165, 1.54) is 6.33 Å². The first-order chi connectivity index (χ1) is 9.34. The Labute approximate surface area is 117 Å². The fraction of sp³-hybridized carbons (Fsp3) is 0. The zero-order chi connectivity index (χ0) is 13.1. The molecule has 0 aliphatic carbocycles. The number of aromatic nitrogens is 4. The molecule has 0 aliphatic heterocycles. The fourth-order valence-electron chi connectivity index (χ4n) is 1.59. The molecule has 2 aromatic heterocycles. The van der Waals surface area contributed by atoms with Crippen molar-refractivity contribution >= 4 is 39.1 Å². The highest BCUT2D eigenvalue weighted by molar-refractivity contribution is 9.10. The number of nitrogens with zero attached hydrogens (tertiary/aromatic N) is 4. The molecule has 6 nitrogen and oxygen atoms in total. The Bertz CT molecular complexity index is 736. The SMILES string of the molecule is Brc1ccccc1C=NNc1ncnc2nc[nH]c12. The molecule has 0 bridgehead atoms. The number of hydrazone groups is 1. The largest absolute Gasteiger partial charge is 0.340 e. The number of nitrogens with one attached hydrogen (secondary N) is 2. The van der Waals surface area contributed by atoms with E-state index in [0.29, 0.717) is 11.5 Å². The van der Waals surface area contributed by atoms with Gasteiger partial charge in [0.1, 0.15) is 11.8 Å². The van der Waals surface area contributed by atoms with Crippen LogP contribution in [0.25, 0.3) is 11.2 Å². The van der Waals surface area contributed by atoms with Crippen molar-refractivity contribution in [3.63, 3.8) is 0 Å². The summed E-state index contributed by atoms with van der Waals surface area (Å²) in [6.07, 6.45) is 4.73. The minimum atomic E-state index is 0.589. The Hall–Kier alpha value is -2.28. The summed E-state index contributed by atoms with van der Waals surface area (Å²) >= 11 is 3.46. The zero-order valence-electron chi connectivity index (χ0n) is 9.71. The van der Waals surface area contributed by atoms with E-state index < -0.39 is 0 Å². The van der Waals surface area contributed by atoms with Gasteiger partial charge in [0.25, 0.3) is 0 Å². The number of anilines is 1. The highest BCUT2D eigenvalue weighted by atomic mass is 79.9. The predicted molar refractivity (Wildman–Crippen MR) is 77.0 cm³/mol. The van der Waals surface area contributed by atoms with Gasteiger partial charge in [-0.05, 0) is 6.07 Å². The maximum absolute atomic E-state index is 4.16. The number of hydrogen-bond donors (Lipinski definition) is 2. The molecule has 2 heterocycles. The molecule has 0 saturated carbocycles. The lowest BCUT2D eigenvalue weighted by Crippen LogP contribution is -1.96. The summed E-state index contributed by atoms with van der Waals surface area (Å²) in [5, 5.41) is 4.16. The molecule has 3 rings (SSSR count). The van der Waals surface area contributed by atoms with Crippen LogP contribution in [0.15, 0.2) is 46.5 Å². The molecule has 19 heavy (non-hydrogen) atoms. The van der Waals surface area contributed by atoms with E-state index in [9.17, 15) is 0 Å². The lowest BCUT2D eigenvalue weighted by atomic mass is 10.2. The van der Waals surface area contributed by atoms with E-state index in [4.69, 9.17) is 0 Å².